The number of sulfonamides is 1. The standard InChI is InChI=1S/C16H20N2O5S/c1-11-9-23-10-12(2)18(11)24(21,22)8-7-17-15(19)13-5-3-4-6-14(13)16(17)20/h3-6,11-12H,7-10H2,1-2H3. The zero-order valence-corrected chi connectivity index (χ0v) is 14.5. The number of ether oxygens (including phenoxy) is 1. The first-order valence-corrected chi connectivity index (χ1v) is 9.48. The molecule has 0 spiro atoms. The summed E-state index contributed by atoms with van der Waals surface area (Å²) in [5.74, 6) is -1.16. The van der Waals surface area contributed by atoms with Crippen LogP contribution in [0.1, 0.15) is 34.6 Å². The molecule has 1 aromatic rings. The lowest BCUT2D eigenvalue weighted by atomic mass is 10.1. The van der Waals surface area contributed by atoms with Crippen LogP contribution in [-0.4, -0.2) is 67.0 Å². The maximum absolute atomic E-state index is 12.7. The normalized spacial score (nSPS) is 25.2. The van der Waals surface area contributed by atoms with E-state index in [-0.39, 0.29) is 24.4 Å². The largest absolute Gasteiger partial charge is 0.378 e. The molecule has 0 aromatic heterocycles. The van der Waals surface area contributed by atoms with Gasteiger partial charge < -0.3 is 4.74 Å². The smallest absolute Gasteiger partial charge is 0.261 e. The molecule has 1 aromatic carbocycles. The van der Waals surface area contributed by atoms with Gasteiger partial charge in [0.05, 0.1) is 30.1 Å². The lowest BCUT2D eigenvalue weighted by molar-refractivity contribution is 0.00632. The van der Waals surface area contributed by atoms with Crippen LogP contribution >= 0.6 is 0 Å². The molecule has 2 aliphatic heterocycles. The number of carbonyl (C=O) groups is 2. The van der Waals surface area contributed by atoms with Crippen molar-refractivity contribution in [3.63, 3.8) is 0 Å². The van der Waals surface area contributed by atoms with Crippen molar-refractivity contribution in [3.8, 4) is 0 Å². The highest BCUT2D eigenvalue weighted by molar-refractivity contribution is 7.89. The van der Waals surface area contributed by atoms with Crippen molar-refractivity contribution in [2.45, 2.75) is 25.9 Å². The summed E-state index contributed by atoms with van der Waals surface area (Å²) < 4.78 is 32.1. The number of morpholine rings is 1. The Morgan fingerprint density at radius 2 is 1.54 bits per heavy atom. The molecular formula is C16H20N2O5S. The van der Waals surface area contributed by atoms with Gasteiger partial charge >= 0.3 is 0 Å². The molecule has 1 fully saturated rings. The fourth-order valence-corrected chi connectivity index (χ4v) is 5.14. The summed E-state index contributed by atoms with van der Waals surface area (Å²) in [5.41, 5.74) is 0.654. The molecule has 130 valence electrons. The SMILES string of the molecule is CC1COCC(C)N1S(=O)(=O)CCN1C(=O)c2ccccc2C1=O. The summed E-state index contributed by atoms with van der Waals surface area (Å²) in [6, 6.07) is 6.00. The van der Waals surface area contributed by atoms with Gasteiger partial charge in [-0.05, 0) is 26.0 Å². The topological polar surface area (TPSA) is 84.0 Å². The van der Waals surface area contributed by atoms with Crippen LogP contribution in [0.5, 0.6) is 0 Å². The van der Waals surface area contributed by atoms with E-state index in [1.807, 2.05) is 0 Å². The molecule has 7 nitrogen and oxygen atoms in total. The molecule has 2 aliphatic rings. The van der Waals surface area contributed by atoms with Gasteiger partial charge in [0, 0.05) is 18.6 Å². The summed E-state index contributed by atoms with van der Waals surface area (Å²) in [7, 11) is -3.60. The van der Waals surface area contributed by atoms with Gasteiger partial charge in [0.2, 0.25) is 10.0 Å². The lowest BCUT2D eigenvalue weighted by Crippen LogP contribution is -2.54. The molecule has 2 atom stereocenters. The van der Waals surface area contributed by atoms with Gasteiger partial charge in [0.1, 0.15) is 0 Å². The number of amides is 2. The molecule has 2 unspecified atom stereocenters. The van der Waals surface area contributed by atoms with Crippen molar-refractivity contribution in [2.24, 2.45) is 0 Å². The third-order valence-electron chi connectivity index (χ3n) is 4.36. The molecule has 0 radical (unpaired) electrons. The van der Waals surface area contributed by atoms with E-state index in [4.69, 9.17) is 4.74 Å². The van der Waals surface area contributed by atoms with Crippen LogP contribution in [0.15, 0.2) is 24.3 Å². The van der Waals surface area contributed by atoms with Crippen LogP contribution in [0.25, 0.3) is 0 Å². The summed E-state index contributed by atoms with van der Waals surface area (Å²) in [4.78, 5) is 25.6. The zero-order chi connectivity index (χ0) is 17.5. The Hall–Kier alpha value is -1.77. The van der Waals surface area contributed by atoms with Gasteiger partial charge in [0.15, 0.2) is 0 Å². The van der Waals surface area contributed by atoms with Crippen LogP contribution in [0.4, 0.5) is 0 Å². The number of imide groups is 1. The molecule has 1 saturated heterocycles. The summed E-state index contributed by atoms with van der Waals surface area (Å²) in [6.07, 6.45) is 0. The predicted molar refractivity (Wildman–Crippen MR) is 87.2 cm³/mol. The Bertz CT molecular complexity index is 731. The highest BCUT2D eigenvalue weighted by Gasteiger charge is 2.39. The van der Waals surface area contributed by atoms with Gasteiger partial charge in [-0.3, -0.25) is 14.5 Å². The van der Waals surface area contributed by atoms with Crippen LogP contribution in [-0.2, 0) is 14.8 Å². The molecule has 0 saturated carbocycles. The number of rotatable bonds is 4. The number of hydrogen-bond donors (Lipinski definition) is 0. The van der Waals surface area contributed by atoms with E-state index in [0.717, 1.165) is 4.90 Å². The summed E-state index contributed by atoms with van der Waals surface area (Å²) in [6.45, 7) is 4.11. The molecule has 8 heteroatoms. The van der Waals surface area contributed by atoms with E-state index in [1.54, 1.807) is 38.1 Å². The third kappa shape index (κ3) is 2.85. The van der Waals surface area contributed by atoms with Crippen LogP contribution in [0, 0.1) is 0 Å². The molecular weight excluding hydrogens is 332 g/mol. The van der Waals surface area contributed by atoms with Gasteiger partial charge in [-0.15, -0.1) is 0 Å². The Morgan fingerprint density at radius 1 is 1.04 bits per heavy atom. The first-order valence-electron chi connectivity index (χ1n) is 7.87. The average Bonchev–Trinajstić information content (AvgIpc) is 2.77. The Kier molecular flexibility index (Phi) is 4.46. The van der Waals surface area contributed by atoms with Crippen molar-refractivity contribution in [3.05, 3.63) is 35.4 Å². The molecule has 2 heterocycles. The van der Waals surface area contributed by atoms with Gasteiger partial charge in [0.25, 0.3) is 11.8 Å². The molecule has 0 bridgehead atoms. The molecule has 3 rings (SSSR count). The molecule has 2 amide bonds. The molecule has 0 N–H and O–H groups in total. The van der Waals surface area contributed by atoms with Crippen molar-refractivity contribution < 1.29 is 22.7 Å². The van der Waals surface area contributed by atoms with Gasteiger partial charge in [-0.25, -0.2) is 8.42 Å². The maximum atomic E-state index is 12.7. The summed E-state index contributed by atoms with van der Waals surface area (Å²) in [5, 5.41) is 0. The quantitative estimate of drug-likeness (QED) is 0.746. The number of benzene rings is 1. The Morgan fingerprint density at radius 3 is 2.04 bits per heavy atom. The second kappa shape index (κ2) is 6.27. The fraction of sp³-hybridized carbons (Fsp3) is 0.500. The number of fused-ring (bicyclic) bond motifs is 1. The van der Waals surface area contributed by atoms with Crippen LogP contribution in [0.2, 0.25) is 0 Å². The third-order valence-corrected chi connectivity index (χ3v) is 6.42. The molecule has 24 heavy (non-hydrogen) atoms. The Labute approximate surface area is 141 Å². The van der Waals surface area contributed by atoms with Gasteiger partial charge in [-0.2, -0.15) is 4.31 Å². The van der Waals surface area contributed by atoms with E-state index >= 15 is 0 Å². The maximum Gasteiger partial charge on any atom is 0.261 e. The van der Waals surface area contributed by atoms with E-state index < -0.39 is 21.8 Å². The minimum atomic E-state index is -3.60. The van der Waals surface area contributed by atoms with Gasteiger partial charge in [-0.1, -0.05) is 12.1 Å². The second-order valence-corrected chi connectivity index (χ2v) is 8.18. The molecule has 0 aliphatic carbocycles. The fourth-order valence-electron chi connectivity index (χ4n) is 3.29. The number of hydrogen-bond acceptors (Lipinski definition) is 5. The van der Waals surface area contributed by atoms with E-state index in [2.05, 4.69) is 0 Å². The summed E-state index contributed by atoms with van der Waals surface area (Å²) >= 11 is 0. The van der Waals surface area contributed by atoms with Crippen molar-refractivity contribution >= 4 is 21.8 Å². The Balaban J connectivity index is 1.74. The highest BCUT2D eigenvalue weighted by Crippen LogP contribution is 2.23. The van der Waals surface area contributed by atoms with Crippen molar-refractivity contribution in [1.29, 1.82) is 0 Å². The monoisotopic (exact) mass is 352 g/mol. The van der Waals surface area contributed by atoms with Crippen molar-refractivity contribution in [1.82, 2.24) is 9.21 Å². The highest BCUT2D eigenvalue weighted by atomic mass is 32.2. The number of nitrogens with zero attached hydrogens (tertiary/aromatic N) is 2. The second-order valence-electron chi connectivity index (χ2n) is 6.19. The first kappa shape index (κ1) is 17.1. The van der Waals surface area contributed by atoms with Crippen LogP contribution < -0.4 is 0 Å². The minimum Gasteiger partial charge on any atom is -0.378 e. The first-order chi connectivity index (χ1) is 11.3. The zero-order valence-electron chi connectivity index (χ0n) is 13.6. The number of carbonyl (C=O) groups excluding carboxylic acids is 2. The predicted octanol–water partition coefficient (Wildman–Crippen LogP) is 0.722. The van der Waals surface area contributed by atoms with E-state index in [0.29, 0.717) is 24.3 Å². The van der Waals surface area contributed by atoms with E-state index in [9.17, 15) is 18.0 Å². The van der Waals surface area contributed by atoms with E-state index in [1.165, 1.54) is 4.31 Å². The van der Waals surface area contributed by atoms with Crippen LogP contribution in [0.3, 0.4) is 0 Å². The van der Waals surface area contributed by atoms with Crippen molar-refractivity contribution in [2.75, 3.05) is 25.5 Å². The lowest BCUT2D eigenvalue weighted by Gasteiger charge is -2.37. The minimum absolute atomic E-state index is 0.147. The average molecular weight is 352 g/mol.